The quantitative estimate of drug-likeness (QED) is 0.563. The van der Waals surface area contributed by atoms with E-state index in [2.05, 4.69) is 0 Å². The van der Waals surface area contributed by atoms with Crippen LogP contribution in [-0.4, -0.2) is 40.2 Å². The van der Waals surface area contributed by atoms with E-state index in [-0.39, 0.29) is 23.8 Å². The van der Waals surface area contributed by atoms with Gasteiger partial charge >= 0.3 is 0 Å². The summed E-state index contributed by atoms with van der Waals surface area (Å²) in [6, 6.07) is 10.6. The fourth-order valence-electron chi connectivity index (χ4n) is 3.77. The number of Topliss-reactive ketones (excluding diaryl/α,β-unsaturated/α-hetero) is 1. The number of nitro benzene ring substituents is 1. The van der Waals surface area contributed by atoms with Gasteiger partial charge in [0.2, 0.25) is 0 Å². The summed E-state index contributed by atoms with van der Waals surface area (Å²) in [5.74, 6) is 0.355. The Labute approximate surface area is 166 Å². The number of piperidine rings is 1. The number of hydrogen-bond acceptors (Lipinski definition) is 5. The number of ether oxygens (including phenoxy) is 1. The predicted molar refractivity (Wildman–Crippen MR) is 102 cm³/mol. The molecule has 2 aliphatic rings. The number of halogens is 1. The van der Waals surface area contributed by atoms with Gasteiger partial charge in [-0.3, -0.25) is 19.7 Å². The maximum absolute atomic E-state index is 12.7. The number of ketones is 1. The summed E-state index contributed by atoms with van der Waals surface area (Å²) >= 11 is 5.97. The minimum atomic E-state index is -0.607. The Bertz CT molecular complexity index is 965. The molecule has 0 atom stereocenters. The van der Waals surface area contributed by atoms with Crippen LogP contribution in [0.2, 0.25) is 5.02 Å². The minimum Gasteiger partial charge on any atom is -0.486 e. The number of hydrogen-bond donors (Lipinski definition) is 0. The van der Waals surface area contributed by atoms with Gasteiger partial charge in [0.05, 0.1) is 16.9 Å². The lowest BCUT2D eigenvalue weighted by molar-refractivity contribution is -0.384. The van der Waals surface area contributed by atoms with Crippen molar-refractivity contribution in [2.75, 3.05) is 13.1 Å². The van der Waals surface area contributed by atoms with Crippen LogP contribution < -0.4 is 4.74 Å². The molecule has 8 heteroatoms. The number of carbonyl (C=O) groups excluding carboxylic acids is 2. The Kier molecular flexibility index (Phi) is 4.55. The molecule has 2 heterocycles. The fourth-order valence-corrected chi connectivity index (χ4v) is 3.94. The number of non-ortho nitro benzene ring substituents is 1. The molecule has 7 nitrogen and oxygen atoms in total. The highest BCUT2D eigenvalue weighted by Gasteiger charge is 2.43. The lowest BCUT2D eigenvalue weighted by Crippen LogP contribution is -2.52. The SMILES string of the molecule is O=C1CC2(CCN(C(=O)c3ccc([N+](=O)[O-])cc3)CC2)Oc2ccc(Cl)cc21. The van der Waals surface area contributed by atoms with Crippen LogP contribution in [0.1, 0.15) is 40.0 Å². The average molecular weight is 401 g/mol. The van der Waals surface area contributed by atoms with Gasteiger partial charge in [0.25, 0.3) is 11.6 Å². The molecule has 2 aliphatic heterocycles. The topological polar surface area (TPSA) is 89.8 Å². The molecule has 0 radical (unpaired) electrons. The molecule has 1 amide bonds. The lowest BCUT2D eigenvalue weighted by atomic mass is 9.82. The van der Waals surface area contributed by atoms with E-state index in [1.54, 1.807) is 23.1 Å². The molecule has 1 fully saturated rings. The molecule has 144 valence electrons. The van der Waals surface area contributed by atoms with Gasteiger partial charge in [0, 0.05) is 48.6 Å². The van der Waals surface area contributed by atoms with Crippen molar-refractivity contribution >= 4 is 29.0 Å². The van der Waals surface area contributed by atoms with Crippen LogP contribution in [0, 0.1) is 10.1 Å². The van der Waals surface area contributed by atoms with E-state index in [0.29, 0.717) is 47.8 Å². The Morgan fingerprint density at radius 2 is 1.82 bits per heavy atom. The van der Waals surface area contributed by atoms with Gasteiger partial charge in [-0.2, -0.15) is 0 Å². The van der Waals surface area contributed by atoms with Gasteiger partial charge < -0.3 is 9.64 Å². The third kappa shape index (κ3) is 3.33. The maximum atomic E-state index is 12.7. The highest BCUT2D eigenvalue weighted by Crippen LogP contribution is 2.40. The Morgan fingerprint density at radius 3 is 2.46 bits per heavy atom. The van der Waals surface area contributed by atoms with E-state index in [9.17, 15) is 19.7 Å². The molecule has 0 aliphatic carbocycles. The number of rotatable bonds is 2. The monoisotopic (exact) mass is 400 g/mol. The molecule has 28 heavy (non-hydrogen) atoms. The Balaban J connectivity index is 1.46. The smallest absolute Gasteiger partial charge is 0.269 e. The highest BCUT2D eigenvalue weighted by atomic mass is 35.5. The van der Waals surface area contributed by atoms with Crippen molar-refractivity contribution in [1.29, 1.82) is 0 Å². The van der Waals surface area contributed by atoms with Crippen LogP contribution in [0.15, 0.2) is 42.5 Å². The summed E-state index contributed by atoms with van der Waals surface area (Å²) in [5.41, 5.74) is 0.246. The number of amides is 1. The highest BCUT2D eigenvalue weighted by molar-refractivity contribution is 6.31. The standard InChI is InChI=1S/C20H17ClN2O5/c21-14-3-6-18-16(11-14)17(24)12-20(28-18)7-9-22(10-8-20)19(25)13-1-4-15(5-2-13)23(26)27/h1-6,11H,7-10,12H2. The minimum absolute atomic E-state index is 0.00102. The first-order valence-electron chi connectivity index (χ1n) is 8.92. The van der Waals surface area contributed by atoms with Crippen LogP contribution in [-0.2, 0) is 0 Å². The summed E-state index contributed by atoms with van der Waals surface area (Å²) in [6.07, 6.45) is 1.35. The second kappa shape index (κ2) is 6.91. The van der Waals surface area contributed by atoms with Crippen LogP contribution in [0.3, 0.4) is 0 Å². The second-order valence-corrected chi connectivity index (χ2v) is 7.56. The van der Waals surface area contributed by atoms with Crippen molar-refractivity contribution in [2.45, 2.75) is 24.9 Å². The number of carbonyl (C=O) groups is 2. The zero-order chi connectivity index (χ0) is 19.9. The molecule has 4 rings (SSSR count). The van der Waals surface area contributed by atoms with Gasteiger partial charge in [-0.1, -0.05) is 11.6 Å². The zero-order valence-electron chi connectivity index (χ0n) is 14.9. The predicted octanol–water partition coefficient (Wildman–Crippen LogP) is 3.89. The van der Waals surface area contributed by atoms with E-state index in [1.807, 2.05) is 0 Å². The lowest BCUT2D eigenvalue weighted by Gasteiger charge is -2.44. The van der Waals surface area contributed by atoms with Crippen LogP contribution in [0.4, 0.5) is 5.69 Å². The largest absolute Gasteiger partial charge is 0.486 e. The van der Waals surface area contributed by atoms with E-state index in [4.69, 9.17) is 16.3 Å². The Morgan fingerprint density at radius 1 is 1.14 bits per heavy atom. The molecule has 2 aromatic carbocycles. The number of likely N-dealkylation sites (tertiary alicyclic amines) is 1. The van der Waals surface area contributed by atoms with Crippen molar-refractivity contribution in [2.24, 2.45) is 0 Å². The van der Waals surface area contributed by atoms with Gasteiger partial charge in [-0.05, 0) is 30.3 Å². The van der Waals surface area contributed by atoms with Gasteiger partial charge in [-0.15, -0.1) is 0 Å². The zero-order valence-corrected chi connectivity index (χ0v) is 15.6. The molecule has 0 aromatic heterocycles. The van der Waals surface area contributed by atoms with Gasteiger partial charge in [-0.25, -0.2) is 0 Å². The van der Waals surface area contributed by atoms with Crippen molar-refractivity contribution in [3.8, 4) is 5.75 Å². The maximum Gasteiger partial charge on any atom is 0.269 e. The normalized spacial score (nSPS) is 17.8. The first-order valence-corrected chi connectivity index (χ1v) is 9.30. The Hall–Kier alpha value is -2.93. The molecule has 0 bridgehead atoms. The van der Waals surface area contributed by atoms with Crippen LogP contribution in [0.25, 0.3) is 0 Å². The number of nitro groups is 1. The van der Waals surface area contributed by atoms with E-state index >= 15 is 0 Å². The molecule has 0 unspecified atom stereocenters. The van der Waals surface area contributed by atoms with E-state index in [0.717, 1.165) is 0 Å². The summed E-state index contributed by atoms with van der Waals surface area (Å²) in [6.45, 7) is 0.901. The number of fused-ring (bicyclic) bond motifs is 1. The number of nitrogens with zero attached hydrogens (tertiary/aromatic N) is 2. The summed E-state index contributed by atoms with van der Waals surface area (Å²) in [7, 11) is 0. The van der Waals surface area contributed by atoms with Crippen molar-refractivity contribution in [1.82, 2.24) is 4.90 Å². The second-order valence-electron chi connectivity index (χ2n) is 7.12. The van der Waals surface area contributed by atoms with E-state index in [1.165, 1.54) is 24.3 Å². The first-order chi connectivity index (χ1) is 13.4. The number of benzene rings is 2. The van der Waals surface area contributed by atoms with Crippen LogP contribution in [0.5, 0.6) is 5.75 Å². The van der Waals surface area contributed by atoms with Crippen molar-refractivity contribution < 1.29 is 19.2 Å². The fraction of sp³-hybridized carbons (Fsp3) is 0.300. The third-order valence-corrected chi connectivity index (χ3v) is 5.57. The van der Waals surface area contributed by atoms with Gasteiger partial charge in [0.1, 0.15) is 11.4 Å². The van der Waals surface area contributed by atoms with Gasteiger partial charge in [0.15, 0.2) is 5.78 Å². The molecule has 0 saturated carbocycles. The van der Waals surface area contributed by atoms with E-state index < -0.39 is 10.5 Å². The molecule has 0 N–H and O–H groups in total. The summed E-state index contributed by atoms with van der Waals surface area (Å²) in [4.78, 5) is 37.2. The molecular weight excluding hydrogens is 384 g/mol. The molecule has 1 spiro atoms. The first kappa shape index (κ1) is 18.4. The summed E-state index contributed by atoms with van der Waals surface area (Å²) in [5, 5.41) is 11.2. The van der Waals surface area contributed by atoms with Crippen LogP contribution >= 0.6 is 11.6 Å². The molecule has 1 saturated heterocycles. The molecular formula is C20H17ClN2O5. The molecule has 2 aromatic rings. The van der Waals surface area contributed by atoms with Crippen molar-refractivity contribution in [3.63, 3.8) is 0 Å². The third-order valence-electron chi connectivity index (χ3n) is 5.34. The average Bonchev–Trinajstić information content (AvgIpc) is 2.69. The summed E-state index contributed by atoms with van der Waals surface area (Å²) < 4.78 is 6.17. The van der Waals surface area contributed by atoms with Crippen molar-refractivity contribution in [3.05, 3.63) is 68.7 Å².